The van der Waals surface area contributed by atoms with E-state index in [2.05, 4.69) is 15.0 Å². The van der Waals surface area contributed by atoms with E-state index in [0.717, 1.165) is 5.75 Å². The normalized spacial score (nSPS) is 12.4. The largest absolute Gasteiger partial charge is 0.462 e. The molecule has 24 heavy (non-hydrogen) atoms. The molecule has 0 saturated carbocycles. The summed E-state index contributed by atoms with van der Waals surface area (Å²) in [4.78, 5) is 33.6. The topological polar surface area (TPSA) is 151 Å². The summed E-state index contributed by atoms with van der Waals surface area (Å²) in [5.74, 6) is 0.361. The minimum atomic E-state index is -0.617. The van der Waals surface area contributed by atoms with E-state index < -0.39 is 17.6 Å². The minimum absolute atomic E-state index is 0.00223. The number of hydrogen-bond donors (Lipinski definition) is 3. The molecule has 5 N–H and O–H groups in total. The van der Waals surface area contributed by atoms with Gasteiger partial charge in [-0.25, -0.2) is 4.98 Å². The molecule has 2 rings (SSSR count). The monoisotopic (exact) mass is 356 g/mol. The second-order valence-corrected chi connectivity index (χ2v) is 5.92. The highest BCUT2D eigenvalue weighted by molar-refractivity contribution is 7.98. The summed E-state index contributed by atoms with van der Waals surface area (Å²) in [6.07, 6.45) is 3.95. The average molecular weight is 356 g/mol. The van der Waals surface area contributed by atoms with Gasteiger partial charge in [-0.1, -0.05) is 0 Å². The third kappa shape index (κ3) is 4.69. The second-order valence-electron chi connectivity index (χ2n) is 4.93. The van der Waals surface area contributed by atoms with Crippen molar-refractivity contribution in [3.8, 4) is 0 Å². The molecule has 10 nitrogen and oxygen atoms in total. The molecule has 0 aliphatic heterocycles. The number of carbonyl (C=O) groups is 1. The second kappa shape index (κ2) is 8.66. The maximum Gasteiger partial charge on any atom is 0.323 e. The fourth-order valence-electron chi connectivity index (χ4n) is 1.90. The van der Waals surface area contributed by atoms with Crippen molar-refractivity contribution in [3.05, 3.63) is 16.7 Å². The van der Waals surface area contributed by atoms with Crippen LogP contribution in [0.5, 0.6) is 0 Å². The molecule has 2 aromatic rings. The number of ether oxygens (including phenoxy) is 2. The molecule has 0 amide bonds. The Morgan fingerprint density at radius 2 is 2.29 bits per heavy atom. The zero-order valence-electron chi connectivity index (χ0n) is 13.2. The Hall–Kier alpha value is -2.11. The summed E-state index contributed by atoms with van der Waals surface area (Å²) in [7, 11) is 0. The highest BCUT2D eigenvalue weighted by Crippen LogP contribution is 2.06. The molecule has 132 valence electrons. The van der Waals surface area contributed by atoms with Crippen molar-refractivity contribution < 1.29 is 14.3 Å². The molecule has 0 aromatic carbocycles. The van der Waals surface area contributed by atoms with Crippen molar-refractivity contribution in [2.45, 2.75) is 19.2 Å². The number of imidazole rings is 1. The molecule has 0 aliphatic carbocycles. The fraction of sp³-hybridized carbons (Fsp3) is 0.538. The highest BCUT2D eigenvalue weighted by atomic mass is 32.2. The molecule has 0 fully saturated rings. The number of H-pyrrole nitrogens is 1. The van der Waals surface area contributed by atoms with Crippen LogP contribution in [0.1, 0.15) is 6.42 Å². The van der Waals surface area contributed by atoms with Crippen molar-refractivity contribution in [3.63, 3.8) is 0 Å². The van der Waals surface area contributed by atoms with Gasteiger partial charge in [0.05, 0.1) is 12.9 Å². The van der Waals surface area contributed by atoms with E-state index in [9.17, 15) is 9.59 Å². The van der Waals surface area contributed by atoms with Crippen LogP contribution < -0.4 is 17.0 Å². The van der Waals surface area contributed by atoms with Gasteiger partial charge >= 0.3 is 5.97 Å². The summed E-state index contributed by atoms with van der Waals surface area (Å²) in [6.45, 7) is 0.371. The first-order chi connectivity index (χ1) is 11.5. The number of aromatic nitrogens is 4. The quantitative estimate of drug-likeness (QED) is 0.391. The molecule has 1 unspecified atom stereocenters. The van der Waals surface area contributed by atoms with Gasteiger partial charge in [-0.15, -0.1) is 0 Å². The number of nitrogens with one attached hydrogen (secondary N) is 1. The Morgan fingerprint density at radius 1 is 1.50 bits per heavy atom. The predicted molar refractivity (Wildman–Crippen MR) is 90.4 cm³/mol. The van der Waals surface area contributed by atoms with Crippen molar-refractivity contribution >= 4 is 34.8 Å². The Kier molecular flexibility index (Phi) is 6.58. The van der Waals surface area contributed by atoms with Crippen LogP contribution in [0.4, 0.5) is 5.95 Å². The summed E-state index contributed by atoms with van der Waals surface area (Å²) in [5.41, 5.74) is 11.3. The van der Waals surface area contributed by atoms with E-state index in [1.54, 1.807) is 11.8 Å². The zero-order valence-corrected chi connectivity index (χ0v) is 14.0. The number of aromatic amines is 1. The van der Waals surface area contributed by atoms with Crippen molar-refractivity contribution in [1.82, 2.24) is 19.5 Å². The first-order valence-electron chi connectivity index (χ1n) is 7.22. The van der Waals surface area contributed by atoms with Crippen LogP contribution in [-0.4, -0.2) is 56.8 Å². The SMILES string of the molecule is CSCCC(N)C(=O)OCCOCn1cnc2c(=O)[nH]c(N)nc21. The van der Waals surface area contributed by atoms with Gasteiger partial charge in [0.2, 0.25) is 5.95 Å². The van der Waals surface area contributed by atoms with Gasteiger partial charge in [-0.05, 0) is 18.4 Å². The lowest BCUT2D eigenvalue weighted by Crippen LogP contribution is -2.33. The van der Waals surface area contributed by atoms with Gasteiger partial charge in [0.15, 0.2) is 11.2 Å². The molecule has 2 aromatic heterocycles. The van der Waals surface area contributed by atoms with E-state index >= 15 is 0 Å². The van der Waals surface area contributed by atoms with E-state index in [1.165, 1.54) is 10.9 Å². The Labute approximate surface area is 141 Å². The van der Waals surface area contributed by atoms with Crippen LogP contribution in [0.25, 0.3) is 11.2 Å². The van der Waals surface area contributed by atoms with Gasteiger partial charge < -0.3 is 20.9 Å². The molecular formula is C13H20N6O4S. The third-order valence-electron chi connectivity index (χ3n) is 3.13. The first kappa shape index (κ1) is 18.2. The summed E-state index contributed by atoms with van der Waals surface area (Å²) < 4.78 is 12.0. The highest BCUT2D eigenvalue weighted by Gasteiger charge is 2.14. The molecule has 0 spiro atoms. The Balaban J connectivity index is 1.77. The zero-order chi connectivity index (χ0) is 17.5. The number of esters is 1. The van der Waals surface area contributed by atoms with Crippen molar-refractivity contribution in [1.29, 1.82) is 0 Å². The number of nitrogens with zero attached hydrogens (tertiary/aromatic N) is 3. The summed E-state index contributed by atoms with van der Waals surface area (Å²) in [6, 6.07) is -0.617. The number of nitrogen functional groups attached to an aromatic ring is 1. The number of nitrogens with two attached hydrogens (primary N) is 2. The molecule has 0 aliphatic rings. The Bertz CT molecular complexity index is 746. The van der Waals surface area contributed by atoms with Gasteiger partial charge in [-0.3, -0.25) is 19.1 Å². The number of thioether (sulfide) groups is 1. The standard InChI is InChI=1S/C13H20N6O4S/c1-24-5-2-8(14)12(21)23-4-3-22-7-19-6-16-9-10(19)17-13(15)18-11(9)20/h6,8H,2-5,7,14H2,1H3,(H3,15,17,18,20). The van der Waals surface area contributed by atoms with Gasteiger partial charge in [0.25, 0.3) is 5.56 Å². The number of rotatable bonds is 9. The van der Waals surface area contributed by atoms with Crippen molar-refractivity contribution in [2.24, 2.45) is 5.73 Å². The van der Waals surface area contributed by atoms with Crippen LogP contribution in [-0.2, 0) is 21.0 Å². The molecule has 0 saturated heterocycles. The van der Waals surface area contributed by atoms with Crippen LogP contribution in [0.3, 0.4) is 0 Å². The Morgan fingerprint density at radius 3 is 3.04 bits per heavy atom. The van der Waals surface area contributed by atoms with E-state index in [1.807, 2.05) is 6.26 Å². The molecule has 0 radical (unpaired) electrons. The van der Waals surface area contributed by atoms with Crippen LogP contribution in [0.15, 0.2) is 11.1 Å². The van der Waals surface area contributed by atoms with Gasteiger partial charge in [0.1, 0.15) is 19.4 Å². The summed E-state index contributed by atoms with van der Waals surface area (Å²) in [5, 5.41) is 0. The maximum absolute atomic E-state index is 11.6. The van der Waals surface area contributed by atoms with Crippen LogP contribution in [0.2, 0.25) is 0 Å². The third-order valence-corrected chi connectivity index (χ3v) is 3.78. The first-order valence-corrected chi connectivity index (χ1v) is 8.62. The molecule has 1 atom stereocenters. The van der Waals surface area contributed by atoms with Gasteiger partial charge in [-0.2, -0.15) is 16.7 Å². The number of hydrogen-bond acceptors (Lipinski definition) is 9. The summed E-state index contributed by atoms with van der Waals surface area (Å²) >= 11 is 1.62. The molecule has 0 bridgehead atoms. The van der Waals surface area contributed by atoms with Crippen LogP contribution in [0, 0.1) is 0 Å². The van der Waals surface area contributed by atoms with E-state index in [4.69, 9.17) is 20.9 Å². The number of carbonyl (C=O) groups excluding carboxylic acids is 1. The van der Waals surface area contributed by atoms with Crippen LogP contribution >= 0.6 is 11.8 Å². The fourth-order valence-corrected chi connectivity index (χ4v) is 2.39. The smallest absolute Gasteiger partial charge is 0.323 e. The number of fused-ring (bicyclic) bond motifs is 1. The van der Waals surface area contributed by atoms with Gasteiger partial charge in [0, 0.05) is 0 Å². The lowest BCUT2D eigenvalue weighted by atomic mass is 10.2. The lowest BCUT2D eigenvalue weighted by molar-refractivity contribution is -0.147. The van der Waals surface area contributed by atoms with Crippen molar-refractivity contribution in [2.75, 3.05) is 31.0 Å². The molecular weight excluding hydrogens is 336 g/mol. The predicted octanol–water partition coefficient (Wildman–Crippen LogP) is -0.700. The minimum Gasteiger partial charge on any atom is -0.462 e. The molecule has 11 heteroatoms. The average Bonchev–Trinajstić information content (AvgIpc) is 2.95. The maximum atomic E-state index is 11.6. The molecule has 2 heterocycles. The van der Waals surface area contributed by atoms with E-state index in [-0.39, 0.29) is 31.4 Å². The lowest BCUT2D eigenvalue weighted by Gasteiger charge is -2.11. The van der Waals surface area contributed by atoms with E-state index in [0.29, 0.717) is 12.1 Å². The number of anilines is 1.